The molecule has 0 spiro atoms. The highest BCUT2D eigenvalue weighted by Crippen LogP contribution is 2.28. The molecule has 2 amide bonds. The van der Waals surface area contributed by atoms with E-state index < -0.39 is 36.4 Å². The van der Waals surface area contributed by atoms with Gasteiger partial charge in [0.25, 0.3) is 5.91 Å². The number of aliphatic hydroxyl groups is 3. The number of benzene rings is 1. The molecular weight excluding hydrogens is 434 g/mol. The molecule has 5 N–H and O–H groups in total. The summed E-state index contributed by atoms with van der Waals surface area (Å²) in [6.45, 7) is 1.81. The highest BCUT2D eigenvalue weighted by molar-refractivity contribution is 7.18. The summed E-state index contributed by atoms with van der Waals surface area (Å²) in [5.41, 5.74) is 0.807. The Kier molecular flexibility index (Phi) is 6.47. The third-order valence-electron chi connectivity index (χ3n) is 5.42. The van der Waals surface area contributed by atoms with E-state index in [0.717, 1.165) is 20.7 Å². The second-order valence-corrected chi connectivity index (χ2v) is 9.18. The first-order valence-electron chi connectivity index (χ1n) is 10.2. The first-order valence-corrected chi connectivity index (χ1v) is 11.1. The van der Waals surface area contributed by atoms with Gasteiger partial charge in [0.2, 0.25) is 5.88 Å². The van der Waals surface area contributed by atoms with Crippen LogP contribution in [0.25, 0.3) is 10.2 Å². The van der Waals surface area contributed by atoms with Gasteiger partial charge in [0.15, 0.2) is 6.10 Å². The number of hydrogen-bond donors (Lipinski definition) is 5. The molecule has 0 bridgehead atoms. The Morgan fingerprint density at radius 1 is 1.22 bits per heavy atom. The third-order valence-corrected chi connectivity index (χ3v) is 6.40. The largest absolute Gasteiger partial charge is 0.414 e. The van der Waals surface area contributed by atoms with Crippen LogP contribution in [-0.4, -0.2) is 74.6 Å². The number of aromatic nitrogens is 1. The van der Waals surface area contributed by atoms with Crippen LogP contribution in [0, 0.1) is 6.92 Å². The van der Waals surface area contributed by atoms with Crippen molar-refractivity contribution in [3.05, 3.63) is 52.9 Å². The highest BCUT2D eigenvalue weighted by atomic mass is 32.1. The summed E-state index contributed by atoms with van der Waals surface area (Å²) in [7, 11) is 0. The molecule has 0 unspecified atom stereocenters. The lowest BCUT2D eigenvalue weighted by molar-refractivity contribution is -0.141. The highest BCUT2D eigenvalue weighted by Gasteiger charge is 2.38. The van der Waals surface area contributed by atoms with Gasteiger partial charge >= 0.3 is 6.09 Å². The van der Waals surface area contributed by atoms with E-state index in [-0.39, 0.29) is 25.4 Å². The number of carbonyl (C=O) groups excluding carboxylic acids is 2. The number of likely N-dealkylation sites (tertiary alicyclic amines) is 1. The van der Waals surface area contributed by atoms with E-state index in [9.17, 15) is 24.9 Å². The third kappa shape index (κ3) is 4.94. The van der Waals surface area contributed by atoms with E-state index in [1.54, 1.807) is 17.4 Å². The number of aryl methyl sites for hydroxylation is 1. The number of nitrogens with zero attached hydrogens (tertiary/aromatic N) is 1. The number of thiophene rings is 1. The van der Waals surface area contributed by atoms with Crippen LogP contribution in [0.5, 0.6) is 5.88 Å². The number of fused-ring (bicyclic) bond motifs is 1. The van der Waals surface area contributed by atoms with Gasteiger partial charge in [-0.15, -0.1) is 11.3 Å². The summed E-state index contributed by atoms with van der Waals surface area (Å²) >= 11 is 1.54. The fraction of sp³-hybridized carbons (Fsp3) is 0.364. The van der Waals surface area contributed by atoms with E-state index in [0.29, 0.717) is 0 Å². The minimum atomic E-state index is -1.59. The number of β-amino-alcohol motifs (C(OH)–C–C–N with tert-alkyl or cyclic N) is 2. The van der Waals surface area contributed by atoms with Gasteiger partial charge in [0.05, 0.1) is 18.2 Å². The van der Waals surface area contributed by atoms with Gasteiger partial charge in [-0.3, -0.25) is 4.79 Å². The minimum Gasteiger partial charge on any atom is -0.393 e. The SMILES string of the molecule is Cc1cc2cc(OC(=O)N[C@@H](Cc3ccccc3)[C@@H](O)C(=O)N3C[C@@H](O)[C@@H](O)C3)[nH]c2s1. The molecular formula is C22H25N3O6S. The molecule has 9 nitrogen and oxygen atoms in total. The van der Waals surface area contributed by atoms with Crippen molar-refractivity contribution >= 4 is 33.6 Å². The van der Waals surface area contributed by atoms with E-state index in [1.807, 2.05) is 43.3 Å². The van der Waals surface area contributed by atoms with Crippen LogP contribution in [0.2, 0.25) is 0 Å². The number of aliphatic hydroxyl groups excluding tert-OH is 3. The summed E-state index contributed by atoms with van der Waals surface area (Å²) in [5, 5.41) is 33.7. The van der Waals surface area contributed by atoms with Crippen molar-refractivity contribution in [2.75, 3.05) is 13.1 Å². The molecule has 1 aromatic carbocycles. The zero-order valence-electron chi connectivity index (χ0n) is 17.4. The van der Waals surface area contributed by atoms with Crippen molar-refractivity contribution < 1.29 is 29.6 Å². The Hall–Kier alpha value is -2.92. The predicted octanol–water partition coefficient (Wildman–Crippen LogP) is 1.16. The van der Waals surface area contributed by atoms with Crippen LogP contribution in [0.1, 0.15) is 10.4 Å². The maximum Gasteiger partial charge on any atom is 0.414 e. The molecule has 4 rings (SSSR count). The molecule has 1 aliphatic heterocycles. The zero-order valence-corrected chi connectivity index (χ0v) is 18.2. The van der Waals surface area contributed by atoms with Gasteiger partial charge in [-0.25, -0.2) is 4.79 Å². The molecule has 4 atom stereocenters. The number of rotatable bonds is 6. The molecule has 1 aliphatic rings. The van der Waals surface area contributed by atoms with Crippen LogP contribution in [-0.2, 0) is 11.2 Å². The van der Waals surface area contributed by atoms with Crippen LogP contribution >= 0.6 is 11.3 Å². The number of ether oxygens (including phenoxy) is 1. The van der Waals surface area contributed by atoms with Crippen LogP contribution in [0.3, 0.4) is 0 Å². The zero-order chi connectivity index (χ0) is 22.8. The van der Waals surface area contributed by atoms with E-state index in [4.69, 9.17) is 4.74 Å². The average molecular weight is 460 g/mol. The van der Waals surface area contributed by atoms with Gasteiger partial charge in [0, 0.05) is 29.4 Å². The van der Waals surface area contributed by atoms with Gasteiger partial charge in [0.1, 0.15) is 4.83 Å². The summed E-state index contributed by atoms with van der Waals surface area (Å²) < 4.78 is 5.34. The summed E-state index contributed by atoms with van der Waals surface area (Å²) in [6.07, 6.45) is -4.36. The molecule has 1 fully saturated rings. The molecule has 32 heavy (non-hydrogen) atoms. The predicted molar refractivity (Wildman–Crippen MR) is 119 cm³/mol. The summed E-state index contributed by atoms with van der Waals surface area (Å²) in [6, 6.07) is 11.8. The lowest BCUT2D eigenvalue weighted by Crippen LogP contribution is -2.53. The monoisotopic (exact) mass is 459 g/mol. The summed E-state index contributed by atoms with van der Waals surface area (Å²) in [5.74, 6) is -0.425. The first-order chi connectivity index (χ1) is 15.3. The topological polar surface area (TPSA) is 135 Å². The van der Waals surface area contributed by atoms with Gasteiger partial charge in [-0.2, -0.15) is 0 Å². The maximum absolute atomic E-state index is 12.8. The van der Waals surface area contributed by atoms with Gasteiger partial charge < -0.3 is 35.3 Å². The number of hydrogen-bond acceptors (Lipinski definition) is 7. The molecule has 0 radical (unpaired) electrons. The molecule has 3 aromatic rings. The van der Waals surface area contributed by atoms with Gasteiger partial charge in [-0.05, 0) is 25.0 Å². The number of nitrogens with one attached hydrogen (secondary N) is 2. The number of aromatic amines is 1. The lowest BCUT2D eigenvalue weighted by atomic mass is 10.0. The van der Waals surface area contributed by atoms with Crippen LogP contribution in [0.15, 0.2) is 42.5 Å². The normalized spacial score (nSPS) is 20.3. The Morgan fingerprint density at radius 3 is 2.56 bits per heavy atom. The number of carbonyl (C=O) groups is 2. The quantitative estimate of drug-likeness (QED) is 0.376. The molecule has 1 saturated heterocycles. The molecule has 3 heterocycles. The van der Waals surface area contributed by atoms with Crippen molar-refractivity contribution in [3.8, 4) is 5.88 Å². The average Bonchev–Trinajstić information content (AvgIpc) is 3.39. The number of H-pyrrole nitrogens is 1. The van der Waals surface area contributed by atoms with Crippen molar-refractivity contribution in [2.24, 2.45) is 0 Å². The van der Waals surface area contributed by atoms with Crippen molar-refractivity contribution in [1.82, 2.24) is 15.2 Å². The van der Waals surface area contributed by atoms with Gasteiger partial charge in [-0.1, -0.05) is 30.3 Å². The standard InChI is InChI=1S/C22H25N3O6S/c1-12-7-14-9-18(24-20(14)32-12)31-22(30)23-15(8-13-5-3-2-4-6-13)19(28)21(29)25-10-16(26)17(27)11-25/h2-7,9,15-17,19,24,26-28H,8,10-11H2,1H3,(H,23,30)/t15-,16-,17+,19+/m0/s1. The Balaban J connectivity index is 1.47. The van der Waals surface area contributed by atoms with Crippen molar-refractivity contribution in [3.63, 3.8) is 0 Å². The van der Waals surface area contributed by atoms with Crippen LogP contribution in [0.4, 0.5) is 4.79 Å². The van der Waals surface area contributed by atoms with Crippen molar-refractivity contribution in [1.29, 1.82) is 0 Å². The first kappa shape index (κ1) is 22.3. The Morgan fingerprint density at radius 2 is 1.91 bits per heavy atom. The lowest BCUT2D eigenvalue weighted by Gasteiger charge is -2.26. The molecule has 0 aliphatic carbocycles. The van der Waals surface area contributed by atoms with Crippen LogP contribution < -0.4 is 10.1 Å². The second kappa shape index (κ2) is 9.29. The fourth-order valence-corrected chi connectivity index (χ4v) is 4.68. The van der Waals surface area contributed by atoms with Crippen molar-refractivity contribution in [2.45, 2.75) is 37.7 Å². The Bertz CT molecular complexity index is 1060. The molecule has 170 valence electrons. The molecule has 2 aromatic heterocycles. The number of amides is 2. The Labute approximate surface area is 188 Å². The van der Waals surface area contributed by atoms with E-state index in [1.165, 1.54) is 4.90 Å². The maximum atomic E-state index is 12.8. The molecule has 10 heteroatoms. The van der Waals surface area contributed by atoms with E-state index in [2.05, 4.69) is 10.3 Å². The smallest absolute Gasteiger partial charge is 0.393 e. The molecule has 0 saturated carbocycles. The van der Waals surface area contributed by atoms with E-state index >= 15 is 0 Å². The second-order valence-electron chi connectivity index (χ2n) is 7.93. The fourth-order valence-electron chi connectivity index (χ4n) is 3.78. The summed E-state index contributed by atoms with van der Waals surface area (Å²) in [4.78, 5) is 31.6. The minimum absolute atomic E-state index is 0.0851.